The van der Waals surface area contributed by atoms with Gasteiger partial charge >= 0.3 is 19.5 Å². The summed E-state index contributed by atoms with van der Waals surface area (Å²) in [4.78, 5) is 37.5. The molecule has 1 aromatic carbocycles. The van der Waals surface area contributed by atoms with Crippen molar-refractivity contribution in [2.24, 2.45) is 0 Å². The molecule has 38 heavy (non-hydrogen) atoms. The highest BCUT2D eigenvalue weighted by Gasteiger charge is 2.56. The molecule has 0 bridgehead atoms. The summed E-state index contributed by atoms with van der Waals surface area (Å²) < 4.78 is 54.3. The molecule has 1 saturated heterocycles. The number of aromatic nitrogens is 2. The molecule has 206 valence electrons. The van der Waals surface area contributed by atoms with Crippen LogP contribution < -0.4 is 15.8 Å². The maximum atomic E-state index is 13.9. The Labute approximate surface area is 215 Å². The van der Waals surface area contributed by atoms with Crippen LogP contribution in [0.2, 0.25) is 0 Å². The van der Waals surface area contributed by atoms with E-state index in [1.165, 1.54) is 19.1 Å². The molecule has 1 aliphatic rings. The van der Waals surface area contributed by atoms with Crippen LogP contribution in [0.1, 0.15) is 27.0 Å². The lowest BCUT2D eigenvalue weighted by Gasteiger charge is -2.26. The van der Waals surface area contributed by atoms with Crippen LogP contribution in [0.3, 0.4) is 0 Å². The van der Waals surface area contributed by atoms with E-state index >= 15 is 0 Å². The minimum absolute atomic E-state index is 0.0430. The van der Waals surface area contributed by atoms with Gasteiger partial charge in [-0.2, -0.15) is 4.39 Å². The number of para-hydroxylation sites is 1. The molecule has 15 heteroatoms. The van der Waals surface area contributed by atoms with Crippen LogP contribution in [0, 0.1) is 18.2 Å². The van der Waals surface area contributed by atoms with Gasteiger partial charge in [-0.05, 0) is 32.9 Å². The van der Waals surface area contributed by atoms with E-state index in [1.807, 2.05) is 5.92 Å². The lowest BCUT2D eigenvalue weighted by atomic mass is 9.95. The number of phosphoric acid groups is 1. The van der Waals surface area contributed by atoms with E-state index in [1.54, 1.807) is 37.0 Å². The van der Waals surface area contributed by atoms with Crippen molar-refractivity contribution in [3.63, 3.8) is 0 Å². The second-order valence-electron chi connectivity index (χ2n) is 8.47. The van der Waals surface area contributed by atoms with Gasteiger partial charge in [0.05, 0.1) is 18.9 Å². The van der Waals surface area contributed by atoms with Gasteiger partial charge in [0.15, 0.2) is 17.9 Å². The van der Waals surface area contributed by atoms with E-state index < -0.39 is 73.7 Å². The van der Waals surface area contributed by atoms with Crippen molar-refractivity contribution in [3.05, 3.63) is 63.2 Å². The molecule has 6 atom stereocenters. The number of aliphatic hydroxyl groups excluding tert-OH is 1. The number of carbonyl (C=O) groups is 1. The summed E-state index contributed by atoms with van der Waals surface area (Å²) >= 11 is 0. The highest BCUT2D eigenvalue weighted by atomic mass is 31.2. The van der Waals surface area contributed by atoms with Crippen LogP contribution in [-0.2, 0) is 27.9 Å². The Morgan fingerprint density at radius 1 is 1.32 bits per heavy atom. The zero-order valence-electron chi connectivity index (χ0n) is 20.5. The van der Waals surface area contributed by atoms with Gasteiger partial charge in [0.2, 0.25) is 5.82 Å². The molecule has 0 saturated carbocycles. The molecule has 2 unspecified atom stereocenters. The summed E-state index contributed by atoms with van der Waals surface area (Å²) in [5.41, 5.74) is -5.12. The first-order valence-corrected chi connectivity index (χ1v) is 12.7. The number of terminal acetylenes is 1. The number of carbonyl (C=O) groups excluding carboxylic acids is 1. The van der Waals surface area contributed by atoms with Crippen molar-refractivity contribution in [1.29, 1.82) is 0 Å². The highest BCUT2D eigenvalue weighted by molar-refractivity contribution is 7.49. The Hall–Kier alpha value is -3.31. The van der Waals surface area contributed by atoms with Crippen molar-refractivity contribution < 1.29 is 47.0 Å². The number of aromatic amines is 1. The standard InChI is InChI=1S/C23H26FN2O11P/c1-5-23(31)18(27)17(35-21(23)26-11-16(24)19(28)25-22(26)30)12-33-38(32,37-15-9-7-6-8-10-15)36-14(4)20(29)34-13(2)3/h1,6-11,13-14,17-18,21,27,31H,12H2,2-4H3,(H,25,28,30)/t14-,17+,18?,21+,23+,38?/m0/s1. The second-order valence-corrected chi connectivity index (χ2v) is 10.0. The third-order valence-electron chi connectivity index (χ3n) is 5.22. The smallest absolute Gasteiger partial charge is 0.461 e. The lowest BCUT2D eigenvalue weighted by Crippen LogP contribution is -2.48. The van der Waals surface area contributed by atoms with Crippen molar-refractivity contribution in [2.75, 3.05) is 6.61 Å². The Bertz CT molecular complexity index is 1360. The number of esters is 1. The van der Waals surface area contributed by atoms with Gasteiger partial charge in [-0.15, -0.1) is 6.42 Å². The largest absolute Gasteiger partial charge is 0.530 e. The number of nitrogens with zero attached hydrogens (tertiary/aromatic N) is 1. The molecule has 13 nitrogen and oxygen atoms in total. The first-order valence-electron chi connectivity index (χ1n) is 11.2. The number of nitrogens with one attached hydrogen (secondary N) is 1. The SMILES string of the molecule is C#C[C@@]1(O)C(O)[C@@H](COP(=O)(Oc2ccccc2)O[C@@H](C)C(=O)OC(C)C)O[C@H]1n1cc(F)c(=O)[nH]c1=O. The van der Waals surface area contributed by atoms with Gasteiger partial charge in [-0.3, -0.25) is 23.4 Å². The normalized spacial score (nSPS) is 25.4. The summed E-state index contributed by atoms with van der Waals surface area (Å²) in [5.74, 6) is -0.319. The zero-order valence-corrected chi connectivity index (χ0v) is 21.4. The topological polar surface area (TPSA) is 176 Å². The highest BCUT2D eigenvalue weighted by Crippen LogP contribution is 2.51. The van der Waals surface area contributed by atoms with Crippen LogP contribution in [0.15, 0.2) is 46.1 Å². The van der Waals surface area contributed by atoms with Gasteiger partial charge in [-0.25, -0.2) is 14.2 Å². The number of phosphoric ester groups is 1. The average molecular weight is 556 g/mol. The molecule has 2 aromatic rings. The van der Waals surface area contributed by atoms with E-state index in [0.717, 1.165) is 0 Å². The first-order chi connectivity index (χ1) is 17.8. The fourth-order valence-electron chi connectivity index (χ4n) is 3.39. The number of hydrogen-bond donors (Lipinski definition) is 3. The van der Waals surface area contributed by atoms with Gasteiger partial charge in [0, 0.05) is 0 Å². The molecule has 2 heterocycles. The van der Waals surface area contributed by atoms with Gasteiger partial charge in [0.1, 0.15) is 18.0 Å². The zero-order chi connectivity index (χ0) is 28.3. The molecular weight excluding hydrogens is 530 g/mol. The number of rotatable bonds is 10. The molecule has 1 aromatic heterocycles. The fraction of sp³-hybridized carbons (Fsp3) is 0.435. The van der Waals surface area contributed by atoms with Gasteiger partial charge in [-0.1, -0.05) is 24.1 Å². The third-order valence-corrected chi connectivity index (χ3v) is 6.69. The maximum absolute atomic E-state index is 13.9. The first kappa shape index (κ1) is 29.2. The monoisotopic (exact) mass is 556 g/mol. The Kier molecular flexibility index (Phi) is 8.94. The Morgan fingerprint density at radius 2 is 1.97 bits per heavy atom. The van der Waals surface area contributed by atoms with E-state index in [9.17, 15) is 33.6 Å². The van der Waals surface area contributed by atoms with Crippen molar-refractivity contribution in [3.8, 4) is 18.1 Å². The number of H-pyrrole nitrogens is 1. The van der Waals surface area contributed by atoms with Crippen molar-refractivity contribution in [2.45, 2.75) is 57.0 Å². The molecule has 1 fully saturated rings. The van der Waals surface area contributed by atoms with Crippen LogP contribution in [0.5, 0.6) is 5.75 Å². The number of hydrogen-bond acceptors (Lipinski definition) is 11. The Balaban J connectivity index is 1.86. The van der Waals surface area contributed by atoms with E-state index in [4.69, 9.17) is 29.5 Å². The molecular formula is C23H26FN2O11P. The fourth-order valence-corrected chi connectivity index (χ4v) is 4.73. The third kappa shape index (κ3) is 6.39. The molecule has 1 aliphatic heterocycles. The predicted molar refractivity (Wildman–Crippen MR) is 127 cm³/mol. The molecule has 0 aliphatic carbocycles. The van der Waals surface area contributed by atoms with Crippen LogP contribution in [0.4, 0.5) is 4.39 Å². The maximum Gasteiger partial charge on any atom is 0.530 e. The van der Waals surface area contributed by atoms with Crippen molar-refractivity contribution in [1.82, 2.24) is 9.55 Å². The quantitative estimate of drug-likeness (QED) is 0.215. The number of benzene rings is 1. The molecule has 0 spiro atoms. The summed E-state index contributed by atoms with van der Waals surface area (Å²) in [5, 5.41) is 21.6. The minimum atomic E-state index is -4.64. The van der Waals surface area contributed by atoms with E-state index in [2.05, 4.69) is 0 Å². The van der Waals surface area contributed by atoms with Crippen LogP contribution >= 0.6 is 7.82 Å². The average Bonchev–Trinajstić information content (AvgIpc) is 3.10. The van der Waals surface area contributed by atoms with Crippen LogP contribution in [0.25, 0.3) is 0 Å². The lowest BCUT2D eigenvalue weighted by molar-refractivity contribution is -0.156. The molecule has 0 amide bonds. The summed E-state index contributed by atoms with van der Waals surface area (Å²) in [6.07, 6.45) is -1.52. The minimum Gasteiger partial charge on any atom is -0.461 e. The second kappa shape index (κ2) is 11.6. The van der Waals surface area contributed by atoms with Crippen LogP contribution in [-0.4, -0.2) is 62.4 Å². The number of ether oxygens (including phenoxy) is 2. The molecule has 0 radical (unpaired) electrons. The predicted octanol–water partition coefficient (Wildman–Crippen LogP) is 0.859. The van der Waals surface area contributed by atoms with Crippen molar-refractivity contribution >= 4 is 13.8 Å². The van der Waals surface area contributed by atoms with E-state index in [-0.39, 0.29) is 5.75 Å². The Morgan fingerprint density at radius 3 is 2.58 bits per heavy atom. The van der Waals surface area contributed by atoms with Gasteiger partial charge in [0.25, 0.3) is 5.56 Å². The van der Waals surface area contributed by atoms with E-state index in [0.29, 0.717) is 10.8 Å². The summed E-state index contributed by atoms with van der Waals surface area (Å²) in [6, 6.07) is 7.66. The molecule has 3 N–H and O–H groups in total. The number of aliphatic hydroxyl groups is 2. The molecule has 3 rings (SSSR count). The summed E-state index contributed by atoms with van der Waals surface area (Å²) in [7, 11) is -4.64. The number of halogens is 1. The van der Waals surface area contributed by atoms with Gasteiger partial charge < -0.3 is 24.2 Å². The summed E-state index contributed by atoms with van der Waals surface area (Å²) in [6.45, 7) is 3.64.